The quantitative estimate of drug-likeness (QED) is 0.533. The first-order valence-corrected chi connectivity index (χ1v) is 5.19. The molecule has 0 aromatic carbocycles. The minimum Gasteiger partial charge on any atom is -0.396 e. The van der Waals surface area contributed by atoms with Gasteiger partial charge in [-0.3, -0.25) is 0 Å². The number of rotatable bonds is 5. The van der Waals surface area contributed by atoms with Crippen LogP contribution < -0.4 is 0 Å². The van der Waals surface area contributed by atoms with E-state index in [1.807, 2.05) is 0 Å². The topological polar surface area (TPSA) is 40.5 Å². The maximum absolute atomic E-state index is 9.42. The number of aliphatic hydroxyl groups is 2. The van der Waals surface area contributed by atoms with Crippen molar-refractivity contribution in [1.82, 2.24) is 0 Å². The van der Waals surface area contributed by atoms with Crippen LogP contribution in [0.25, 0.3) is 0 Å². The summed E-state index contributed by atoms with van der Waals surface area (Å²) in [6.45, 7) is 1.88. The molecule has 0 aliphatic carbocycles. The Bertz CT molecular complexity index is 374. The third-order valence-corrected chi connectivity index (χ3v) is 1.69. The molecule has 0 aliphatic heterocycles. The Balaban J connectivity index is 3.81. The number of unbranched alkanes of at least 4 members (excludes halogenated alkanes) is 1. The molecule has 2 nitrogen and oxygen atoms in total. The summed E-state index contributed by atoms with van der Waals surface area (Å²) in [6, 6.07) is 0. The van der Waals surface area contributed by atoms with Crippen LogP contribution in [0.15, 0.2) is 12.2 Å². The standard InChI is InChI=1S/C14H16O2/c1-2-3-4-5-6-7-8-11-14(16)12-9-10-13-15/h8,11,14-16H,9-10,12-13H2,1H3/t14-/m0/s1. The van der Waals surface area contributed by atoms with E-state index in [0.29, 0.717) is 6.42 Å². The summed E-state index contributed by atoms with van der Waals surface area (Å²) in [4.78, 5) is 0. The average molecular weight is 216 g/mol. The van der Waals surface area contributed by atoms with Crippen molar-refractivity contribution in [2.45, 2.75) is 32.3 Å². The van der Waals surface area contributed by atoms with E-state index in [9.17, 15) is 5.11 Å². The molecule has 84 valence electrons. The molecule has 0 aliphatic rings. The Labute approximate surface area is 97.4 Å². The van der Waals surface area contributed by atoms with E-state index in [2.05, 4.69) is 35.5 Å². The fourth-order valence-corrected chi connectivity index (χ4v) is 0.923. The summed E-state index contributed by atoms with van der Waals surface area (Å²) in [7, 11) is 0. The van der Waals surface area contributed by atoms with Gasteiger partial charge >= 0.3 is 0 Å². The smallest absolute Gasteiger partial charge is 0.0730 e. The molecule has 0 aromatic heterocycles. The van der Waals surface area contributed by atoms with Gasteiger partial charge in [0.25, 0.3) is 0 Å². The Morgan fingerprint density at radius 1 is 1.12 bits per heavy atom. The molecule has 0 saturated heterocycles. The van der Waals surface area contributed by atoms with Gasteiger partial charge in [0.05, 0.1) is 6.10 Å². The molecule has 2 heteroatoms. The van der Waals surface area contributed by atoms with Crippen molar-refractivity contribution in [3.05, 3.63) is 12.2 Å². The molecule has 0 radical (unpaired) electrons. The van der Waals surface area contributed by atoms with Gasteiger partial charge in [0.15, 0.2) is 0 Å². The largest absolute Gasteiger partial charge is 0.396 e. The van der Waals surface area contributed by atoms with Crippen LogP contribution in [0.1, 0.15) is 26.2 Å². The molecular weight excluding hydrogens is 200 g/mol. The highest BCUT2D eigenvalue weighted by Gasteiger charge is 1.96. The maximum atomic E-state index is 9.42. The maximum Gasteiger partial charge on any atom is 0.0730 e. The third kappa shape index (κ3) is 10.4. The van der Waals surface area contributed by atoms with Crippen LogP contribution >= 0.6 is 0 Å². The summed E-state index contributed by atoms with van der Waals surface area (Å²) < 4.78 is 0. The molecule has 0 spiro atoms. The first kappa shape index (κ1) is 14.3. The zero-order chi connectivity index (χ0) is 12.1. The third-order valence-electron chi connectivity index (χ3n) is 1.69. The molecule has 0 heterocycles. The molecular formula is C14H16O2. The molecule has 0 bridgehead atoms. The second kappa shape index (κ2) is 11.4. The summed E-state index contributed by atoms with van der Waals surface area (Å²) in [5.74, 6) is 15.6. The van der Waals surface area contributed by atoms with Crippen molar-refractivity contribution in [3.63, 3.8) is 0 Å². The summed E-state index contributed by atoms with van der Waals surface area (Å²) in [5, 5.41) is 18.0. The second-order valence-corrected chi connectivity index (χ2v) is 3.04. The van der Waals surface area contributed by atoms with Crippen molar-refractivity contribution in [2.75, 3.05) is 6.61 Å². The van der Waals surface area contributed by atoms with Crippen LogP contribution in [-0.2, 0) is 0 Å². The molecule has 2 N–H and O–H groups in total. The van der Waals surface area contributed by atoms with Crippen molar-refractivity contribution in [3.8, 4) is 35.5 Å². The highest BCUT2D eigenvalue weighted by molar-refractivity contribution is 5.37. The second-order valence-electron chi connectivity index (χ2n) is 3.04. The fraction of sp³-hybridized carbons (Fsp3) is 0.429. The Kier molecular flexibility index (Phi) is 10.2. The van der Waals surface area contributed by atoms with Gasteiger partial charge in [-0.15, -0.1) is 0 Å². The van der Waals surface area contributed by atoms with Crippen LogP contribution in [0, 0.1) is 35.5 Å². The van der Waals surface area contributed by atoms with E-state index < -0.39 is 6.10 Å². The van der Waals surface area contributed by atoms with Crippen molar-refractivity contribution in [1.29, 1.82) is 0 Å². The Morgan fingerprint density at radius 2 is 1.88 bits per heavy atom. The van der Waals surface area contributed by atoms with Crippen molar-refractivity contribution >= 4 is 0 Å². The van der Waals surface area contributed by atoms with Gasteiger partial charge in [0.1, 0.15) is 0 Å². The van der Waals surface area contributed by atoms with Gasteiger partial charge in [0, 0.05) is 6.61 Å². The highest BCUT2D eigenvalue weighted by atomic mass is 16.3. The van der Waals surface area contributed by atoms with E-state index in [1.54, 1.807) is 19.1 Å². The number of hydrogen-bond donors (Lipinski definition) is 2. The van der Waals surface area contributed by atoms with E-state index in [1.165, 1.54) is 0 Å². The van der Waals surface area contributed by atoms with Crippen molar-refractivity contribution < 1.29 is 10.2 Å². The fourth-order valence-electron chi connectivity index (χ4n) is 0.923. The van der Waals surface area contributed by atoms with Crippen LogP contribution in [0.3, 0.4) is 0 Å². The molecule has 0 amide bonds. The summed E-state index contributed by atoms with van der Waals surface area (Å²) in [6.07, 6.45) is 4.88. The molecule has 0 aromatic rings. The zero-order valence-corrected chi connectivity index (χ0v) is 9.45. The van der Waals surface area contributed by atoms with E-state index >= 15 is 0 Å². The SMILES string of the molecule is CC#CC#CC#CC=C[C@H](O)CCCCO. The molecule has 0 fully saturated rings. The molecule has 0 unspecified atom stereocenters. The predicted molar refractivity (Wildman–Crippen MR) is 65.1 cm³/mol. The van der Waals surface area contributed by atoms with Crippen LogP contribution in [0.5, 0.6) is 0 Å². The Morgan fingerprint density at radius 3 is 2.56 bits per heavy atom. The summed E-state index contributed by atoms with van der Waals surface area (Å²) >= 11 is 0. The van der Waals surface area contributed by atoms with E-state index in [-0.39, 0.29) is 6.61 Å². The molecule has 1 atom stereocenters. The lowest BCUT2D eigenvalue weighted by atomic mass is 10.1. The van der Waals surface area contributed by atoms with E-state index in [4.69, 9.17) is 5.11 Å². The molecule has 16 heavy (non-hydrogen) atoms. The minimum atomic E-state index is -0.496. The predicted octanol–water partition coefficient (Wildman–Crippen LogP) is 1.10. The van der Waals surface area contributed by atoms with E-state index in [0.717, 1.165) is 12.8 Å². The lowest BCUT2D eigenvalue weighted by Crippen LogP contribution is -2.01. The number of aliphatic hydroxyl groups excluding tert-OH is 2. The first-order valence-electron chi connectivity index (χ1n) is 5.19. The van der Waals surface area contributed by atoms with Gasteiger partial charge < -0.3 is 10.2 Å². The molecule has 0 rings (SSSR count). The number of hydrogen-bond acceptors (Lipinski definition) is 2. The average Bonchev–Trinajstić information content (AvgIpc) is 2.28. The van der Waals surface area contributed by atoms with Gasteiger partial charge in [-0.05, 0) is 62.0 Å². The van der Waals surface area contributed by atoms with Crippen LogP contribution in [-0.4, -0.2) is 22.9 Å². The van der Waals surface area contributed by atoms with Crippen molar-refractivity contribution in [2.24, 2.45) is 0 Å². The van der Waals surface area contributed by atoms with Crippen LogP contribution in [0.4, 0.5) is 0 Å². The Hall–Kier alpha value is -1.66. The highest BCUT2D eigenvalue weighted by Crippen LogP contribution is 2.00. The normalized spacial score (nSPS) is 10.4. The lowest BCUT2D eigenvalue weighted by molar-refractivity contribution is 0.201. The monoisotopic (exact) mass is 216 g/mol. The minimum absolute atomic E-state index is 0.171. The van der Waals surface area contributed by atoms with Gasteiger partial charge in [-0.2, -0.15) is 0 Å². The molecule has 0 saturated carbocycles. The summed E-state index contributed by atoms with van der Waals surface area (Å²) in [5.41, 5.74) is 0. The zero-order valence-electron chi connectivity index (χ0n) is 9.45. The van der Waals surface area contributed by atoms with Crippen LogP contribution in [0.2, 0.25) is 0 Å². The van der Waals surface area contributed by atoms with Gasteiger partial charge in [-0.1, -0.05) is 11.8 Å². The first-order chi connectivity index (χ1) is 7.81. The van der Waals surface area contributed by atoms with Gasteiger partial charge in [-0.25, -0.2) is 0 Å². The lowest BCUT2D eigenvalue weighted by Gasteiger charge is -2.02. The number of allylic oxidation sites excluding steroid dienone is 1. The van der Waals surface area contributed by atoms with Gasteiger partial charge in [0.2, 0.25) is 0 Å².